The Balaban J connectivity index is 2.24. The number of fused-ring (bicyclic) bond motifs is 1. The van der Waals surface area contributed by atoms with Crippen LogP contribution in [0.5, 0.6) is 5.75 Å². The van der Waals surface area contributed by atoms with E-state index in [2.05, 4.69) is 6.07 Å². The van der Waals surface area contributed by atoms with Crippen LogP contribution >= 0.6 is 11.8 Å². The summed E-state index contributed by atoms with van der Waals surface area (Å²) in [6.45, 7) is 2.40. The van der Waals surface area contributed by atoms with Crippen LogP contribution in [-0.4, -0.2) is 11.7 Å². The minimum absolute atomic E-state index is 0.127. The van der Waals surface area contributed by atoms with E-state index in [1.54, 1.807) is 6.92 Å². The van der Waals surface area contributed by atoms with Gasteiger partial charge in [0.15, 0.2) is 5.12 Å². The van der Waals surface area contributed by atoms with Crippen LogP contribution in [-0.2, 0) is 11.2 Å². The van der Waals surface area contributed by atoms with Gasteiger partial charge in [-0.2, -0.15) is 0 Å². The quantitative estimate of drug-likeness (QED) is 0.664. The molecule has 0 spiro atoms. The molecule has 2 rings (SSSR count). The molecule has 2 nitrogen and oxygen atoms in total. The molecule has 0 amide bonds. The molecule has 0 unspecified atom stereocenters. The van der Waals surface area contributed by atoms with E-state index < -0.39 is 0 Å². The summed E-state index contributed by atoms with van der Waals surface area (Å²) in [6, 6.07) is 5.95. The van der Waals surface area contributed by atoms with Crippen LogP contribution in [0.15, 0.2) is 23.1 Å². The molecule has 0 saturated carbocycles. The highest BCUT2D eigenvalue weighted by Gasteiger charge is 2.11. The normalized spacial score (nSPS) is 14.4. The van der Waals surface area contributed by atoms with Gasteiger partial charge in [-0.15, -0.1) is 0 Å². The predicted molar refractivity (Wildman–Crippen MR) is 56.8 cm³/mol. The molecule has 0 bridgehead atoms. The molecular formula is C11H12O2S. The molecule has 0 saturated heterocycles. The summed E-state index contributed by atoms with van der Waals surface area (Å²) in [5.41, 5.74) is 1.22. The molecule has 0 fully saturated rings. The Labute approximate surface area is 87.6 Å². The zero-order chi connectivity index (χ0) is 9.97. The van der Waals surface area contributed by atoms with E-state index in [1.165, 1.54) is 17.3 Å². The van der Waals surface area contributed by atoms with Crippen molar-refractivity contribution in [1.29, 1.82) is 0 Å². The smallest absolute Gasteiger partial charge is 0.190 e. The minimum atomic E-state index is 0.127. The highest BCUT2D eigenvalue weighted by atomic mass is 32.2. The first-order valence-corrected chi connectivity index (χ1v) is 5.51. The zero-order valence-corrected chi connectivity index (χ0v) is 8.89. The Kier molecular flexibility index (Phi) is 2.77. The van der Waals surface area contributed by atoms with Crippen molar-refractivity contribution in [2.24, 2.45) is 0 Å². The van der Waals surface area contributed by atoms with Gasteiger partial charge in [0.25, 0.3) is 0 Å². The largest absolute Gasteiger partial charge is 0.493 e. The first-order chi connectivity index (χ1) is 6.75. The van der Waals surface area contributed by atoms with Crippen LogP contribution in [0.4, 0.5) is 0 Å². The van der Waals surface area contributed by atoms with Crippen molar-refractivity contribution >= 4 is 16.9 Å². The zero-order valence-electron chi connectivity index (χ0n) is 8.08. The number of hydrogen-bond acceptors (Lipinski definition) is 3. The molecule has 1 aromatic carbocycles. The van der Waals surface area contributed by atoms with E-state index in [9.17, 15) is 4.79 Å². The summed E-state index contributed by atoms with van der Waals surface area (Å²) in [5.74, 6) is 0.976. The number of carbonyl (C=O) groups excluding carboxylic acids is 1. The molecular weight excluding hydrogens is 196 g/mol. The van der Waals surface area contributed by atoms with Crippen molar-refractivity contribution < 1.29 is 9.53 Å². The molecule has 0 aliphatic carbocycles. The first-order valence-electron chi connectivity index (χ1n) is 4.70. The second kappa shape index (κ2) is 4.05. The van der Waals surface area contributed by atoms with Gasteiger partial charge in [-0.05, 0) is 36.6 Å². The molecule has 1 heterocycles. The van der Waals surface area contributed by atoms with Gasteiger partial charge in [0, 0.05) is 11.8 Å². The summed E-state index contributed by atoms with van der Waals surface area (Å²) in [5, 5.41) is 0.127. The maximum absolute atomic E-state index is 10.9. The average Bonchev–Trinajstić information content (AvgIpc) is 2.17. The molecule has 0 aromatic heterocycles. The second-order valence-corrected chi connectivity index (χ2v) is 4.57. The van der Waals surface area contributed by atoms with Crippen LogP contribution < -0.4 is 4.74 Å². The number of ether oxygens (including phenoxy) is 1. The number of hydrogen-bond donors (Lipinski definition) is 0. The first kappa shape index (κ1) is 9.59. The highest BCUT2D eigenvalue weighted by Crippen LogP contribution is 2.29. The lowest BCUT2D eigenvalue weighted by molar-refractivity contribution is -0.109. The van der Waals surface area contributed by atoms with Crippen molar-refractivity contribution in [3.63, 3.8) is 0 Å². The summed E-state index contributed by atoms with van der Waals surface area (Å²) in [4.78, 5) is 11.9. The maximum Gasteiger partial charge on any atom is 0.190 e. The lowest BCUT2D eigenvalue weighted by Crippen LogP contribution is -2.07. The van der Waals surface area contributed by atoms with Crippen molar-refractivity contribution in [1.82, 2.24) is 0 Å². The van der Waals surface area contributed by atoms with E-state index >= 15 is 0 Å². The average molecular weight is 208 g/mol. The van der Waals surface area contributed by atoms with Gasteiger partial charge in [-0.1, -0.05) is 11.8 Å². The Hall–Kier alpha value is -0.960. The molecule has 3 heteroatoms. The summed E-state index contributed by atoms with van der Waals surface area (Å²) in [6.07, 6.45) is 2.13. The van der Waals surface area contributed by atoms with Gasteiger partial charge >= 0.3 is 0 Å². The van der Waals surface area contributed by atoms with E-state index in [-0.39, 0.29) is 5.12 Å². The summed E-state index contributed by atoms with van der Waals surface area (Å²) < 4.78 is 5.49. The topological polar surface area (TPSA) is 26.3 Å². The van der Waals surface area contributed by atoms with Crippen molar-refractivity contribution in [3.8, 4) is 5.75 Å². The van der Waals surface area contributed by atoms with Gasteiger partial charge in [0.1, 0.15) is 5.75 Å². The molecule has 0 radical (unpaired) electrons. The Bertz CT molecular complexity index is 360. The molecule has 0 N–H and O–H groups in total. The third-order valence-electron chi connectivity index (χ3n) is 2.14. The predicted octanol–water partition coefficient (Wildman–Crippen LogP) is 2.65. The molecule has 1 aliphatic rings. The van der Waals surface area contributed by atoms with E-state index in [4.69, 9.17) is 4.74 Å². The third kappa shape index (κ3) is 2.10. The van der Waals surface area contributed by atoms with Crippen LogP contribution in [0, 0.1) is 0 Å². The van der Waals surface area contributed by atoms with Gasteiger partial charge in [-0.25, -0.2) is 0 Å². The second-order valence-electron chi connectivity index (χ2n) is 3.32. The standard InChI is InChI=1S/C11H12O2S/c1-8(12)14-10-4-5-11-9(7-10)3-2-6-13-11/h4-5,7H,2-3,6H2,1H3. The van der Waals surface area contributed by atoms with Crippen LogP contribution in [0.1, 0.15) is 18.9 Å². The number of benzene rings is 1. The SMILES string of the molecule is CC(=O)Sc1ccc2c(c1)CCCO2. The van der Waals surface area contributed by atoms with Crippen LogP contribution in [0.25, 0.3) is 0 Å². The van der Waals surface area contributed by atoms with E-state index in [0.29, 0.717) is 0 Å². The fourth-order valence-electron chi connectivity index (χ4n) is 1.57. The highest BCUT2D eigenvalue weighted by molar-refractivity contribution is 8.13. The number of thioether (sulfide) groups is 1. The van der Waals surface area contributed by atoms with Gasteiger partial charge in [0.05, 0.1) is 6.61 Å². The van der Waals surface area contributed by atoms with Crippen molar-refractivity contribution in [2.75, 3.05) is 6.61 Å². The lowest BCUT2D eigenvalue weighted by atomic mass is 10.1. The van der Waals surface area contributed by atoms with Gasteiger partial charge < -0.3 is 4.74 Å². The van der Waals surface area contributed by atoms with E-state index in [1.807, 2.05) is 12.1 Å². The fourth-order valence-corrected chi connectivity index (χ4v) is 2.24. The Morgan fingerprint density at radius 2 is 2.36 bits per heavy atom. The Morgan fingerprint density at radius 1 is 1.50 bits per heavy atom. The lowest BCUT2D eigenvalue weighted by Gasteiger charge is -2.17. The van der Waals surface area contributed by atoms with Gasteiger partial charge in [-0.3, -0.25) is 4.79 Å². The Morgan fingerprint density at radius 3 is 3.14 bits per heavy atom. The van der Waals surface area contributed by atoms with Crippen molar-refractivity contribution in [2.45, 2.75) is 24.7 Å². The third-order valence-corrected chi connectivity index (χ3v) is 2.92. The molecule has 1 aromatic rings. The molecule has 14 heavy (non-hydrogen) atoms. The molecule has 0 atom stereocenters. The molecule has 74 valence electrons. The van der Waals surface area contributed by atoms with Crippen molar-refractivity contribution in [3.05, 3.63) is 23.8 Å². The minimum Gasteiger partial charge on any atom is -0.493 e. The van der Waals surface area contributed by atoms with Crippen LogP contribution in [0.3, 0.4) is 0 Å². The number of rotatable bonds is 1. The maximum atomic E-state index is 10.9. The number of aryl methyl sites for hydroxylation is 1. The summed E-state index contributed by atoms with van der Waals surface area (Å²) in [7, 11) is 0. The monoisotopic (exact) mass is 208 g/mol. The van der Waals surface area contributed by atoms with Crippen LogP contribution in [0.2, 0.25) is 0 Å². The fraction of sp³-hybridized carbons (Fsp3) is 0.364. The molecule has 1 aliphatic heterocycles. The van der Waals surface area contributed by atoms with Gasteiger partial charge in [0.2, 0.25) is 0 Å². The number of carbonyl (C=O) groups is 1. The summed E-state index contributed by atoms with van der Waals surface area (Å²) >= 11 is 1.28. The van der Waals surface area contributed by atoms with E-state index in [0.717, 1.165) is 30.1 Å².